The van der Waals surface area contributed by atoms with E-state index in [1.807, 2.05) is 24.3 Å². The number of nitro groups is 1. The number of non-ortho nitro benzene ring substituents is 1. The molecule has 0 fully saturated rings. The lowest BCUT2D eigenvalue weighted by Gasteiger charge is -2.06. The van der Waals surface area contributed by atoms with E-state index in [0.717, 1.165) is 31.9 Å². The molecule has 134 valence electrons. The summed E-state index contributed by atoms with van der Waals surface area (Å²) in [7, 11) is 0. The zero-order valence-electron chi connectivity index (χ0n) is 13.8. The third-order valence-corrected chi connectivity index (χ3v) is 6.21. The van der Waals surface area contributed by atoms with Gasteiger partial charge in [0.25, 0.3) is 5.69 Å². The highest BCUT2D eigenvalue weighted by Crippen LogP contribution is 2.38. The van der Waals surface area contributed by atoms with Gasteiger partial charge < -0.3 is 0 Å². The van der Waals surface area contributed by atoms with Crippen LogP contribution in [0.3, 0.4) is 0 Å². The molecule has 0 bridgehead atoms. The van der Waals surface area contributed by atoms with E-state index in [2.05, 4.69) is 15.3 Å². The second-order valence-corrected chi connectivity index (χ2v) is 7.99. The number of thioether (sulfide) groups is 1. The van der Waals surface area contributed by atoms with Crippen molar-refractivity contribution < 1.29 is 4.92 Å². The Morgan fingerprint density at radius 3 is 2.52 bits per heavy atom. The molecule has 0 unspecified atom stereocenters. The van der Waals surface area contributed by atoms with Gasteiger partial charge in [0.15, 0.2) is 0 Å². The number of thiophene rings is 1. The minimum Gasteiger partial charge on any atom is -0.258 e. The molecule has 0 aliphatic rings. The van der Waals surface area contributed by atoms with Gasteiger partial charge in [-0.1, -0.05) is 35.9 Å². The highest BCUT2D eigenvalue weighted by Gasteiger charge is 2.14. The largest absolute Gasteiger partial charge is 0.269 e. The van der Waals surface area contributed by atoms with E-state index in [9.17, 15) is 10.1 Å². The summed E-state index contributed by atoms with van der Waals surface area (Å²) in [5.74, 6) is 0.667. The number of hydrogen-bond acceptors (Lipinski definition) is 6. The molecule has 0 amide bonds. The predicted molar refractivity (Wildman–Crippen MR) is 111 cm³/mol. The molecule has 4 rings (SSSR count). The summed E-state index contributed by atoms with van der Waals surface area (Å²) in [6, 6.07) is 14.3. The number of fused-ring (bicyclic) bond motifs is 1. The van der Waals surface area contributed by atoms with Crippen molar-refractivity contribution in [1.29, 1.82) is 0 Å². The lowest BCUT2D eigenvalue weighted by Crippen LogP contribution is -1.89. The zero-order valence-corrected chi connectivity index (χ0v) is 16.2. The van der Waals surface area contributed by atoms with Gasteiger partial charge in [0.2, 0.25) is 0 Å². The molecule has 0 aliphatic heterocycles. The second-order valence-electron chi connectivity index (χ2n) is 5.73. The monoisotopic (exact) mass is 413 g/mol. The molecule has 8 heteroatoms. The molecule has 0 spiro atoms. The van der Waals surface area contributed by atoms with Crippen LogP contribution in [0.5, 0.6) is 0 Å². The molecule has 5 nitrogen and oxygen atoms in total. The summed E-state index contributed by atoms with van der Waals surface area (Å²) < 4.78 is 0. The van der Waals surface area contributed by atoms with Crippen LogP contribution in [-0.2, 0) is 5.75 Å². The van der Waals surface area contributed by atoms with Crippen molar-refractivity contribution >= 4 is 50.6 Å². The quantitative estimate of drug-likeness (QED) is 0.168. The molecule has 0 saturated heterocycles. The Morgan fingerprint density at radius 2 is 1.81 bits per heavy atom. The van der Waals surface area contributed by atoms with Gasteiger partial charge in [0.05, 0.1) is 10.3 Å². The molecular weight excluding hydrogens is 402 g/mol. The van der Waals surface area contributed by atoms with Gasteiger partial charge in [-0.05, 0) is 23.3 Å². The standard InChI is InChI=1S/C19H12ClN3O2S2/c20-14-5-3-13(4-6-14)16-10-27-19-17(16)18(21-11-22-19)26-9-12-1-7-15(8-2-12)23(24)25/h1-8,10-11H,9H2. The first-order valence-electron chi connectivity index (χ1n) is 7.96. The average Bonchev–Trinajstić information content (AvgIpc) is 3.12. The normalized spacial score (nSPS) is 11.0. The Hall–Kier alpha value is -2.48. The summed E-state index contributed by atoms with van der Waals surface area (Å²) in [6.07, 6.45) is 1.57. The Balaban J connectivity index is 1.64. The summed E-state index contributed by atoms with van der Waals surface area (Å²) in [5, 5.41) is 15.5. The van der Waals surface area contributed by atoms with Crippen LogP contribution in [0.1, 0.15) is 5.56 Å². The van der Waals surface area contributed by atoms with Gasteiger partial charge in [0, 0.05) is 33.9 Å². The fourth-order valence-electron chi connectivity index (χ4n) is 2.66. The number of rotatable bonds is 5. The predicted octanol–water partition coefficient (Wildman–Crippen LogP) is 6.21. The zero-order chi connectivity index (χ0) is 18.8. The first kappa shape index (κ1) is 17.9. The molecule has 0 aliphatic carbocycles. The van der Waals surface area contributed by atoms with Crippen LogP contribution in [0.15, 0.2) is 65.3 Å². The van der Waals surface area contributed by atoms with E-state index in [4.69, 9.17) is 11.6 Å². The molecule has 2 aromatic carbocycles. The van der Waals surface area contributed by atoms with Crippen molar-refractivity contribution in [2.45, 2.75) is 10.8 Å². The van der Waals surface area contributed by atoms with Crippen molar-refractivity contribution in [2.75, 3.05) is 0 Å². The van der Waals surface area contributed by atoms with Gasteiger partial charge in [0.1, 0.15) is 16.2 Å². The number of nitro benzene ring substituents is 1. The van der Waals surface area contributed by atoms with Gasteiger partial charge in [-0.15, -0.1) is 23.1 Å². The average molecular weight is 414 g/mol. The SMILES string of the molecule is O=[N+]([O-])c1ccc(CSc2ncnc3scc(-c4ccc(Cl)cc4)c23)cc1. The number of nitrogens with zero attached hydrogens (tertiary/aromatic N) is 3. The van der Waals surface area contributed by atoms with Crippen LogP contribution >= 0.6 is 34.7 Å². The van der Waals surface area contributed by atoms with Crippen LogP contribution in [0.4, 0.5) is 5.69 Å². The van der Waals surface area contributed by atoms with E-state index in [-0.39, 0.29) is 5.69 Å². The molecule has 2 aromatic heterocycles. The van der Waals surface area contributed by atoms with E-state index in [0.29, 0.717) is 10.8 Å². The minimum atomic E-state index is -0.394. The molecule has 0 N–H and O–H groups in total. The van der Waals surface area contributed by atoms with Gasteiger partial charge in [-0.3, -0.25) is 10.1 Å². The topological polar surface area (TPSA) is 68.9 Å². The molecule has 2 heterocycles. The highest BCUT2D eigenvalue weighted by molar-refractivity contribution is 7.98. The Morgan fingerprint density at radius 1 is 1.07 bits per heavy atom. The van der Waals surface area contributed by atoms with E-state index >= 15 is 0 Å². The number of halogens is 1. The van der Waals surface area contributed by atoms with Crippen LogP contribution in [0, 0.1) is 10.1 Å². The maximum atomic E-state index is 10.8. The van der Waals surface area contributed by atoms with Crippen LogP contribution in [-0.4, -0.2) is 14.9 Å². The highest BCUT2D eigenvalue weighted by atomic mass is 35.5. The smallest absolute Gasteiger partial charge is 0.258 e. The van der Waals surface area contributed by atoms with Crippen molar-refractivity contribution in [2.24, 2.45) is 0 Å². The Kier molecular flexibility index (Phi) is 5.07. The molecular formula is C19H12ClN3O2S2. The van der Waals surface area contributed by atoms with Crippen LogP contribution in [0.2, 0.25) is 5.02 Å². The van der Waals surface area contributed by atoms with E-state index in [1.54, 1.807) is 41.6 Å². The van der Waals surface area contributed by atoms with Gasteiger partial charge in [-0.25, -0.2) is 9.97 Å². The van der Waals surface area contributed by atoms with Crippen molar-refractivity contribution in [3.63, 3.8) is 0 Å². The summed E-state index contributed by atoms with van der Waals surface area (Å²) in [6.45, 7) is 0. The van der Waals surface area contributed by atoms with Crippen molar-refractivity contribution in [3.8, 4) is 11.1 Å². The molecule has 0 atom stereocenters. The molecule has 0 radical (unpaired) electrons. The first-order chi connectivity index (χ1) is 13.1. The molecule has 0 saturated carbocycles. The van der Waals surface area contributed by atoms with Crippen molar-refractivity contribution in [1.82, 2.24) is 9.97 Å². The van der Waals surface area contributed by atoms with E-state index in [1.165, 1.54) is 12.1 Å². The number of hydrogen-bond donors (Lipinski definition) is 0. The summed E-state index contributed by atoms with van der Waals surface area (Å²) in [5.41, 5.74) is 3.24. The Bertz CT molecular complexity index is 1110. The minimum absolute atomic E-state index is 0.0936. The van der Waals surface area contributed by atoms with Crippen LogP contribution < -0.4 is 0 Å². The third kappa shape index (κ3) is 3.80. The fraction of sp³-hybridized carbons (Fsp3) is 0.0526. The second kappa shape index (κ2) is 7.64. The lowest BCUT2D eigenvalue weighted by atomic mass is 10.1. The van der Waals surface area contributed by atoms with Crippen molar-refractivity contribution in [3.05, 3.63) is 80.9 Å². The molecule has 4 aromatic rings. The Labute approximate surface area is 168 Å². The maximum absolute atomic E-state index is 10.8. The number of benzene rings is 2. The summed E-state index contributed by atoms with van der Waals surface area (Å²) >= 11 is 9.18. The first-order valence-corrected chi connectivity index (χ1v) is 10.2. The lowest BCUT2D eigenvalue weighted by molar-refractivity contribution is -0.384. The maximum Gasteiger partial charge on any atom is 0.269 e. The van der Waals surface area contributed by atoms with Crippen LogP contribution in [0.25, 0.3) is 21.3 Å². The van der Waals surface area contributed by atoms with Gasteiger partial charge >= 0.3 is 0 Å². The fourth-order valence-corrected chi connectivity index (χ4v) is 4.74. The number of aromatic nitrogens is 2. The summed E-state index contributed by atoms with van der Waals surface area (Å²) in [4.78, 5) is 20.2. The van der Waals surface area contributed by atoms with E-state index < -0.39 is 4.92 Å². The van der Waals surface area contributed by atoms with Gasteiger partial charge in [-0.2, -0.15) is 0 Å². The third-order valence-electron chi connectivity index (χ3n) is 4.01. The molecule has 27 heavy (non-hydrogen) atoms.